The number of fused-ring (bicyclic) bond motifs is 1. The molecule has 9 heteroatoms. The molecule has 1 aromatic rings. The molecule has 0 unspecified atom stereocenters. The number of carbonyl (C=O) groups is 1. The van der Waals surface area contributed by atoms with Gasteiger partial charge in [0, 0.05) is 23.0 Å². The molecule has 0 bridgehead atoms. The van der Waals surface area contributed by atoms with Gasteiger partial charge in [0.2, 0.25) is 0 Å². The number of anilines is 1. The summed E-state index contributed by atoms with van der Waals surface area (Å²) in [5.41, 5.74) is 0.683. The van der Waals surface area contributed by atoms with Gasteiger partial charge in [-0.1, -0.05) is 22.0 Å². The maximum Gasteiger partial charge on any atom is 0.319 e. The highest BCUT2D eigenvalue weighted by atomic mass is 79.9. The number of rotatable bonds is 3. The lowest BCUT2D eigenvalue weighted by atomic mass is 10.0. The zero-order chi connectivity index (χ0) is 20.9. The van der Waals surface area contributed by atoms with Crippen LogP contribution in [0.3, 0.4) is 0 Å². The minimum absolute atomic E-state index is 0.291. The van der Waals surface area contributed by atoms with Crippen molar-refractivity contribution in [1.29, 1.82) is 0 Å². The predicted molar refractivity (Wildman–Crippen MR) is 111 cm³/mol. The minimum Gasteiger partial charge on any atom is -0.347 e. The zero-order valence-electron chi connectivity index (χ0n) is 17.1. The molecule has 0 aromatic heterocycles. The lowest BCUT2D eigenvalue weighted by molar-refractivity contribution is -0.226. The third-order valence-electron chi connectivity index (χ3n) is 6.08. The van der Waals surface area contributed by atoms with E-state index in [1.165, 1.54) is 0 Å². The first-order valence-electron chi connectivity index (χ1n) is 10.5. The van der Waals surface area contributed by atoms with Crippen LogP contribution in [0.4, 0.5) is 10.5 Å². The summed E-state index contributed by atoms with van der Waals surface area (Å²) in [5, 5.41) is 5.90. The van der Waals surface area contributed by atoms with Crippen LogP contribution in [-0.4, -0.2) is 54.9 Å². The van der Waals surface area contributed by atoms with Gasteiger partial charge in [0.25, 0.3) is 0 Å². The van der Waals surface area contributed by atoms with Crippen molar-refractivity contribution >= 4 is 27.6 Å². The van der Waals surface area contributed by atoms with Gasteiger partial charge in [-0.2, -0.15) is 0 Å². The largest absolute Gasteiger partial charge is 0.347 e. The average Bonchev–Trinajstić information content (AvgIpc) is 3.42. The second-order valence-electron chi connectivity index (χ2n) is 8.79. The maximum atomic E-state index is 12.8. The van der Waals surface area contributed by atoms with Crippen molar-refractivity contribution in [2.45, 2.75) is 81.7 Å². The van der Waals surface area contributed by atoms with Crippen LogP contribution in [0.2, 0.25) is 0 Å². The number of benzene rings is 1. The van der Waals surface area contributed by atoms with E-state index in [-0.39, 0.29) is 12.1 Å². The third kappa shape index (κ3) is 3.99. The van der Waals surface area contributed by atoms with Crippen molar-refractivity contribution in [2.75, 3.05) is 11.9 Å². The van der Waals surface area contributed by atoms with Crippen LogP contribution >= 0.6 is 15.9 Å². The lowest BCUT2D eigenvalue weighted by Gasteiger charge is -2.30. The van der Waals surface area contributed by atoms with E-state index in [9.17, 15) is 4.79 Å². The molecule has 1 saturated carbocycles. The monoisotopic (exact) mass is 482 g/mol. The summed E-state index contributed by atoms with van der Waals surface area (Å²) in [6.45, 7) is 4.11. The Morgan fingerprint density at radius 2 is 1.93 bits per heavy atom. The molecule has 1 aromatic carbocycles. The van der Waals surface area contributed by atoms with E-state index in [2.05, 4.69) is 26.6 Å². The summed E-state index contributed by atoms with van der Waals surface area (Å²) < 4.78 is 31.4. The first kappa shape index (κ1) is 20.7. The molecular weight excluding hydrogens is 456 g/mol. The van der Waals surface area contributed by atoms with Crippen molar-refractivity contribution in [1.82, 2.24) is 5.32 Å². The topological polar surface area (TPSA) is 87.3 Å². The molecule has 5 rings (SSSR count). The molecule has 3 saturated heterocycles. The molecule has 4 fully saturated rings. The first-order valence-corrected chi connectivity index (χ1v) is 11.3. The summed E-state index contributed by atoms with van der Waals surface area (Å²) >= 11 is 3.41. The summed E-state index contributed by atoms with van der Waals surface area (Å²) in [6, 6.07) is 6.64. The Bertz CT molecular complexity index is 814. The number of hydrogen-bond donors (Lipinski definition) is 2. The Balaban J connectivity index is 1.31. The number of hydrogen-bond acceptors (Lipinski definition) is 6. The summed E-state index contributed by atoms with van der Waals surface area (Å²) in [5.74, 6) is -1.28. The van der Waals surface area contributed by atoms with Crippen molar-refractivity contribution in [2.24, 2.45) is 0 Å². The Morgan fingerprint density at radius 1 is 1.13 bits per heavy atom. The van der Waals surface area contributed by atoms with E-state index >= 15 is 0 Å². The second-order valence-corrected chi connectivity index (χ2v) is 9.70. The van der Waals surface area contributed by atoms with Crippen LogP contribution in [0.1, 0.15) is 39.5 Å². The van der Waals surface area contributed by atoms with Gasteiger partial charge in [0.1, 0.15) is 18.3 Å². The zero-order valence-corrected chi connectivity index (χ0v) is 18.6. The fourth-order valence-corrected chi connectivity index (χ4v) is 5.21. The number of amides is 2. The van der Waals surface area contributed by atoms with Gasteiger partial charge in [0.15, 0.2) is 17.9 Å². The quantitative estimate of drug-likeness (QED) is 0.685. The molecule has 1 spiro atoms. The molecule has 2 amide bonds. The Kier molecular flexibility index (Phi) is 5.32. The molecule has 3 heterocycles. The Labute approximate surface area is 184 Å². The standard InChI is InChI=1S/C21H27BrN2O6/c1-20(2)29-17-15(24-19(25)23-13-7-5-6-12(22)10-13)16(27-18(17)30-20)14-11-26-21(28-14)8-3-4-9-21/h5-7,10,14-18H,3-4,8-9,11H2,1-2H3,(H2,23,24,25)/t14-,15+,16-,17-,18-/m1/s1. The maximum absolute atomic E-state index is 12.8. The molecule has 5 atom stereocenters. The van der Waals surface area contributed by atoms with Gasteiger partial charge in [-0.25, -0.2) is 4.79 Å². The van der Waals surface area contributed by atoms with E-state index in [0.29, 0.717) is 12.3 Å². The summed E-state index contributed by atoms with van der Waals surface area (Å²) in [4.78, 5) is 12.8. The van der Waals surface area contributed by atoms with E-state index in [1.54, 1.807) is 0 Å². The van der Waals surface area contributed by atoms with Crippen molar-refractivity contribution < 1.29 is 28.5 Å². The van der Waals surface area contributed by atoms with E-state index in [1.807, 2.05) is 38.1 Å². The predicted octanol–water partition coefficient (Wildman–Crippen LogP) is 3.50. The molecule has 1 aliphatic carbocycles. The third-order valence-corrected chi connectivity index (χ3v) is 6.57. The van der Waals surface area contributed by atoms with Gasteiger partial charge >= 0.3 is 6.03 Å². The summed E-state index contributed by atoms with van der Waals surface area (Å²) in [6.07, 6.45) is 2.27. The number of urea groups is 1. The first-order chi connectivity index (χ1) is 14.3. The number of nitrogens with one attached hydrogen (secondary N) is 2. The van der Waals surface area contributed by atoms with Gasteiger partial charge in [0.05, 0.1) is 12.6 Å². The Hall–Kier alpha value is -1.23. The molecule has 164 valence electrons. The highest BCUT2D eigenvalue weighted by molar-refractivity contribution is 9.10. The van der Waals surface area contributed by atoms with Crippen LogP contribution in [0.25, 0.3) is 0 Å². The molecule has 3 aliphatic heterocycles. The van der Waals surface area contributed by atoms with E-state index in [4.69, 9.17) is 23.7 Å². The number of ether oxygens (including phenoxy) is 5. The highest BCUT2D eigenvalue weighted by Gasteiger charge is 2.59. The van der Waals surface area contributed by atoms with Gasteiger partial charge < -0.3 is 34.3 Å². The number of halogens is 1. The van der Waals surface area contributed by atoms with Crippen LogP contribution in [0.15, 0.2) is 28.7 Å². The number of carbonyl (C=O) groups excluding carboxylic acids is 1. The van der Waals surface area contributed by atoms with Gasteiger partial charge in [-0.15, -0.1) is 0 Å². The highest BCUT2D eigenvalue weighted by Crippen LogP contribution is 2.44. The summed E-state index contributed by atoms with van der Waals surface area (Å²) in [7, 11) is 0. The lowest BCUT2D eigenvalue weighted by Crippen LogP contribution is -2.53. The molecule has 30 heavy (non-hydrogen) atoms. The molecular formula is C21H27BrN2O6. The van der Waals surface area contributed by atoms with E-state index < -0.39 is 36.1 Å². The normalized spacial score (nSPS) is 36.2. The van der Waals surface area contributed by atoms with Gasteiger partial charge in [-0.3, -0.25) is 0 Å². The smallest absolute Gasteiger partial charge is 0.319 e. The molecule has 0 radical (unpaired) electrons. The molecule has 2 N–H and O–H groups in total. The molecule has 8 nitrogen and oxygen atoms in total. The van der Waals surface area contributed by atoms with E-state index in [0.717, 1.165) is 30.2 Å². The van der Waals surface area contributed by atoms with Crippen LogP contribution in [0.5, 0.6) is 0 Å². The van der Waals surface area contributed by atoms with Crippen molar-refractivity contribution in [3.8, 4) is 0 Å². The van der Waals surface area contributed by atoms with Crippen molar-refractivity contribution in [3.05, 3.63) is 28.7 Å². The Morgan fingerprint density at radius 3 is 2.70 bits per heavy atom. The van der Waals surface area contributed by atoms with Crippen molar-refractivity contribution in [3.63, 3.8) is 0 Å². The fourth-order valence-electron chi connectivity index (χ4n) is 4.82. The fraction of sp³-hybridized carbons (Fsp3) is 0.667. The van der Waals surface area contributed by atoms with Crippen LogP contribution in [0, 0.1) is 0 Å². The average molecular weight is 483 g/mol. The van der Waals surface area contributed by atoms with Gasteiger partial charge in [-0.05, 0) is 44.9 Å². The second kappa shape index (κ2) is 7.72. The van der Waals surface area contributed by atoms with Crippen LogP contribution < -0.4 is 10.6 Å². The molecule has 4 aliphatic rings. The van der Waals surface area contributed by atoms with Crippen LogP contribution in [-0.2, 0) is 23.7 Å². The minimum atomic E-state index is -0.777. The SMILES string of the molecule is CC1(C)O[C@H]2O[C@H]([C@H]3COC4(CCCC4)O3)[C@H](NC(=O)Nc3cccc(Br)c3)[C@H]2O1.